The second-order valence-corrected chi connectivity index (χ2v) is 4.14. The van der Waals surface area contributed by atoms with Gasteiger partial charge in [-0.2, -0.15) is 0 Å². The van der Waals surface area contributed by atoms with E-state index in [0.717, 1.165) is 5.69 Å². The third-order valence-corrected chi connectivity index (χ3v) is 2.76. The summed E-state index contributed by atoms with van der Waals surface area (Å²) in [4.78, 5) is 22.0. The van der Waals surface area contributed by atoms with E-state index in [9.17, 15) is 9.18 Å². The van der Waals surface area contributed by atoms with Crippen molar-refractivity contribution in [2.24, 2.45) is 0 Å². The number of fused-ring (bicyclic) bond motifs is 1. The highest BCUT2D eigenvalue weighted by molar-refractivity contribution is 5.79. The summed E-state index contributed by atoms with van der Waals surface area (Å²) in [6.45, 7) is 1.80. The largest absolute Gasteiger partial charge is 0.364 e. The van der Waals surface area contributed by atoms with E-state index in [4.69, 9.17) is 0 Å². The second-order valence-electron chi connectivity index (χ2n) is 4.14. The lowest BCUT2D eigenvalue weighted by atomic mass is 10.2. The molecule has 0 unspecified atom stereocenters. The van der Waals surface area contributed by atoms with Gasteiger partial charge in [0, 0.05) is 18.0 Å². The fraction of sp³-hybridized carbons (Fsp3) is 0.0769. The summed E-state index contributed by atoms with van der Waals surface area (Å²) in [5.74, 6) is 0.104. The number of hydrogen-bond acceptors (Lipinski definition) is 2. The molecule has 0 radical (unpaired) electrons. The maximum Gasteiger partial charge on any atom is 0.192 e. The van der Waals surface area contributed by atoms with Gasteiger partial charge in [-0.3, -0.25) is 4.79 Å². The number of aryl methyl sites for hydroxylation is 1. The lowest BCUT2D eigenvalue weighted by Crippen LogP contribution is -2.05. The first-order valence-electron chi connectivity index (χ1n) is 5.48. The lowest BCUT2D eigenvalue weighted by molar-refractivity contribution is 0.629. The van der Waals surface area contributed by atoms with Crippen LogP contribution in [0.25, 0.3) is 22.4 Å². The summed E-state index contributed by atoms with van der Waals surface area (Å²) in [6, 6.07) is 5.77. The van der Waals surface area contributed by atoms with Crippen molar-refractivity contribution in [2.45, 2.75) is 6.92 Å². The topological polar surface area (TPSA) is 61.5 Å². The number of halogens is 1. The molecule has 0 saturated carbocycles. The number of H-pyrrole nitrogens is 2. The standard InChI is InChI=1S/C13H10FN3O/c1-7-4-12(18)9(6-15-7)13-16-10-3-2-8(14)5-11(10)17-13/h2-6H,1H3,(H,15,18)(H,16,17). The first kappa shape index (κ1) is 10.7. The van der Waals surface area contributed by atoms with Gasteiger partial charge in [0.1, 0.15) is 11.6 Å². The van der Waals surface area contributed by atoms with Crippen molar-refractivity contribution in [3.05, 3.63) is 52.2 Å². The Morgan fingerprint density at radius 2 is 2.11 bits per heavy atom. The van der Waals surface area contributed by atoms with Crippen LogP contribution < -0.4 is 5.43 Å². The molecular formula is C13H10FN3O. The molecule has 0 saturated heterocycles. The van der Waals surface area contributed by atoms with Crippen LogP contribution in [0, 0.1) is 12.7 Å². The molecule has 3 aromatic rings. The molecule has 90 valence electrons. The highest BCUT2D eigenvalue weighted by Gasteiger charge is 2.09. The summed E-state index contributed by atoms with van der Waals surface area (Å²) in [5.41, 5.74) is 2.31. The first-order valence-corrected chi connectivity index (χ1v) is 5.48. The molecule has 0 aliphatic carbocycles. The molecule has 0 spiro atoms. The van der Waals surface area contributed by atoms with E-state index < -0.39 is 0 Å². The summed E-state index contributed by atoms with van der Waals surface area (Å²) in [6.07, 6.45) is 1.60. The number of imidazole rings is 1. The molecule has 4 nitrogen and oxygen atoms in total. The number of benzene rings is 1. The van der Waals surface area contributed by atoms with E-state index in [0.29, 0.717) is 22.4 Å². The second kappa shape index (κ2) is 3.80. The summed E-state index contributed by atoms with van der Waals surface area (Å²) in [7, 11) is 0. The fourth-order valence-electron chi connectivity index (χ4n) is 1.87. The Labute approximate surface area is 102 Å². The van der Waals surface area contributed by atoms with Crippen LogP contribution >= 0.6 is 0 Å². The minimum atomic E-state index is -0.337. The molecule has 2 heterocycles. The van der Waals surface area contributed by atoms with Crippen LogP contribution in [0.2, 0.25) is 0 Å². The lowest BCUT2D eigenvalue weighted by Gasteiger charge is -1.96. The summed E-state index contributed by atoms with van der Waals surface area (Å²) in [5, 5.41) is 0. The van der Waals surface area contributed by atoms with Crippen LogP contribution in [-0.4, -0.2) is 15.0 Å². The van der Waals surface area contributed by atoms with E-state index in [1.165, 1.54) is 18.2 Å². The maximum atomic E-state index is 13.1. The van der Waals surface area contributed by atoms with Gasteiger partial charge in [0.25, 0.3) is 0 Å². The van der Waals surface area contributed by atoms with Gasteiger partial charge in [0.15, 0.2) is 5.43 Å². The Bertz CT molecular complexity index is 788. The Hall–Kier alpha value is -2.43. The zero-order valence-electron chi connectivity index (χ0n) is 9.62. The number of hydrogen-bond donors (Lipinski definition) is 2. The SMILES string of the molecule is Cc1cc(=O)c(-c2nc3ccc(F)cc3[nH]2)c[nH]1. The van der Waals surface area contributed by atoms with Crippen LogP contribution in [0.4, 0.5) is 4.39 Å². The molecule has 0 fully saturated rings. The molecule has 0 bridgehead atoms. The number of nitrogens with zero attached hydrogens (tertiary/aromatic N) is 1. The highest BCUT2D eigenvalue weighted by atomic mass is 19.1. The molecule has 2 aromatic heterocycles. The smallest absolute Gasteiger partial charge is 0.192 e. The van der Waals surface area contributed by atoms with Gasteiger partial charge in [0.05, 0.1) is 16.6 Å². The number of pyridine rings is 1. The van der Waals surface area contributed by atoms with E-state index in [1.54, 1.807) is 19.2 Å². The van der Waals surface area contributed by atoms with Gasteiger partial charge in [-0.1, -0.05) is 0 Å². The third-order valence-electron chi connectivity index (χ3n) is 2.76. The van der Waals surface area contributed by atoms with Gasteiger partial charge in [0.2, 0.25) is 0 Å². The van der Waals surface area contributed by atoms with Crippen LogP contribution in [0.5, 0.6) is 0 Å². The van der Waals surface area contributed by atoms with Crippen LogP contribution in [-0.2, 0) is 0 Å². The van der Waals surface area contributed by atoms with E-state index in [2.05, 4.69) is 15.0 Å². The quantitative estimate of drug-likeness (QED) is 0.689. The van der Waals surface area contributed by atoms with Crippen molar-refractivity contribution in [2.75, 3.05) is 0 Å². The average molecular weight is 243 g/mol. The van der Waals surface area contributed by atoms with Crippen LogP contribution in [0.1, 0.15) is 5.69 Å². The Morgan fingerprint density at radius 3 is 2.89 bits per heavy atom. The summed E-state index contributed by atoms with van der Waals surface area (Å²) >= 11 is 0. The molecule has 3 rings (SSSR count). The van der Waals surface area contributed by atoms with E-state index >= 15 is 0 Å². The van der Waals surface area contributed by atoms with Crippen LogP contribution in [0.3, 0.4) is 0 Å². The zero-order valence-corrected chi connectivity index (χ0v) is 9.62. The maximum absolute atomic E-state index is 13.1. The van der Waals surface area contributed by atoms with E-state index in [1.807, 2.05) is 0 Å². The minimum absolute atomic E-state index is 0.120. The Kier molecular flexibility index (Phi) is 2.26. The molecule has 0 aliphatic rings. The zero-order chi connectivity index (χ0) is 12.7. The molecule has 0 amide bonds. The predicted molar refractivity (Wildman–Crippen MR) is 66.8 cm³/mol. The summed E-state index contributed by atoms with van der Waals surface area (Å²) < 4.78 is 13.1. The number of nitrogens with one attached hydrogen (secondary N) is 2. The molecular weight excluding hydrogens is 233 g/mol. The van der Waals surface area contributed by atoms with Crippen molar-refractivity contribution >= 4 is 11.0 Å². The Balaban J connectivity index is 2.22. The number of aromatic nitrogens is 3. The van der Waals surface area contributed by atoms with Crippen molar-refractivity contribution in [1.29, 1.82) is 0 Å². The first-order chi connectivity index (χ1) is 8.63. The molecule has 2 N–H and O–H groups in total. The van der Waals surface area contributed by atoms with Crippen LogP contribution in [0.15, 0.2) is 35.3 Å². The molecule has 5 heteroatoms. The molecule has 1 aromatic carbocycles. The van der Waals surface area contributed by atoms with Gasteiger partial charge in [-0.25, -0.2) is 9.37 Å². The Morgan fingerprint density at radius 1 is 1.28 bits per heavy atom. The molecule has 0 atom stereocenters. The van der Waals surface area contributed by atoms with Crippen molar-refractivity contribution in [1.82, 2.24) is 15.0 Å². The third kappa shape index (κ3) is 1.69. The predicted octanol–water partition coefficient (Wildman–Crippen LogP) is 2.37. The van der Waals surface area contributed by atoms with Crippen molar-refractivity contribution in [3.8, 4) is 11.4 Å². The van der Waals surface area contributed by atoms with Gasteiger partial charge < -0.3 is 9.97 Å². The molecule has 0 aliphatic heterocycles. The van der Waals surface area contributed by atoms with Gasteiger partial charge in [-0.15, -0.1) is 0 Å². The monoisotopic (exact) mass is 243 g/mol. The van der Waals surface area contributed by atoms with Gasteiger partial charge in [-0.05, 0) is 25.1 Å². The number of rotatable bonds is 1. The van der Waals surface area contributed by atoms with Gasteiger partial charge >= 0.3 is 0 Å². The van der Waals surface area contributed by atoms with Crippen molar-refractivity contribution in [3.63, 3.8) is 0 Å². The van der Waals surface area contributed by atoms with Crippen molar-refractivity contribution < 1.29 is 4.39 Å². The molecule has 18 heavy (non-hydrogen) atoms. The minimum Gasteiger partial charge on any atom is -0.364 e. The highest BCUT2D eigenvalue weighted by Crippen LogP contribution is 2.18. The average Bonchev–Trinajstić information content (AvgIpc) is 2.71. The fourth-order valence-corrected chi connectivity index (χ4v) is 1.87. The number of aromatic amines is 2. The van der Waals surface area contributed by atoms with E-state index in [-0.39, 0.29) is 11.2 Å². The normalized spacial score (nSPS) is 11.0.